The fourth-order valence-electron chi connectivity index (χ4n) is 2.56. The molecular formula is C15H18ClF3N2O. The Morgan fingerprint density at radius 3 is 2.82 bits per heavy atom. The van der Waals surface area contributed by atoms with Gasteiger partial charge in [-0.3, -0.25) is 4.79 Å². The largest absolute Gasteiger partial charge is 0.417 e. The third-order valence-corrected chi connectivity index (χ3v) is 4.05. The van der Waals surface area contributed by atoms with Crippen LogP contribution in [-0.2, 0) is 11.0 Å². The van der Waals surface area contributed by atoms with E-state index < -0.39 is 11.7 Å². The zero-order chi connectivity index (χ0) is 16.3. The maximum atomic E-state index is 12.8. The Labute approximate surface area is 132 Å². The molecule has 1 aromatic carbocycles. The minimum absolute atomic E-state index is 0.0222. The molecule has 1 N–H and O–H groups in total. The van der Waals surface area contributed by atoms with Gasteiger partial charge in [0.05, 0.1) is 17.1 Å². The number of nitrogens with one attached hydrogen (secondary N) is 1. The van der Waals surface area contributed by atoms with Gasteiger partial charge in [0.2, 0.25) is 5.91 Å². The summed E-state index contributed by atoms with van der Waals surface area (Å²) < 4.78 is 38.3. The Hall–Kier alpha value is -1.43. The van der Waals surface area contributed by atoms with Gasteiger partial charge in [0.15, 0.2) is 0 Å². The van der Waals surface area contributed by atoms with E-state index in [2.05, 4.69) is 12.2 Å². The number of nitrogens with zero attached hydrogens (tertiary/aromatic N) is 1. The first-order valence-electron chi connectivity index (χ1n) is 7.16. The van der Waals surface area contributed by atoms with Crippen molar-refractivity contribution in [2.75, 3.05) is 25.0 Å². The Balaban J connectivity index is 1.98. The summed E-state index contributed by atoms with van der Waals surface area (Å²) in [4.78, 5) is 13.8. The molecule has 22 heavy (non-hydrogen) atoms. The Morgan fingerprint density at radius 1 is 1.45 bits per heavy atom. The van der Waals surface area contributed by atoms with Crippen LogP contribution in [0.5, 0.6) is 0 Å². The van der Waals surface area contributed by atoms with Crippen LogP contribution in [0.25, 0.3) is 0 Å². The Morgan fingerprint density at radius 2 is 2.18 bits per heavy atom. The van der Waals surface area contributed by atoms with Gasteiger partial charge in [-0.15, -0.1) is 0 Å². The lowest BCUT2D eigenvalue weighted by molar-refractivity contribution is -0.137. The molecule has 0 radical (unpaired) electrons. The molecule has 3 nitrogen and oxygen atoms in total. The molecule has 1 unspecified atom stereocenters. The number of anilines is 1. The highest BCUT2D eigenvalue weighted by atomic mass is 35.5. The molecule has 0 saturated carbocycles. The van der Waals surface area contributed by atoms with E-state index in [1.807, 2.05) is 0 Å². The van der Waals surface area contributed by atoms with E-state index >= 15 is 0 Å². The monoisotopic (exact) mass is 334 g/mol. The Bertz CT molecular complexity index is 548. The quantitative estimate of drug-likeness (QED) is 0.905. The van der Waals surface area contributed by atoms with Crippen molar-refractivity contribution >= 4 is 23.2 Å². The predicted octanol–water partition coefficient (Wildman–Crippen LogP) is 4.03. The normalized spacial score (nSPS) is 19.1. The van der Waals surface area contributed by atoms with Crippen molar-refractivity contribution in [3.05, 3.63) is 28.8 Å². The number of benzene rings is 1. The van der Waals surface area contributed by atoms with Gasteiger partial charge in [-0.25, -0.2) is 0 Å². The van der Waals surface area contributed by atoms with Gasteiger partial charge in [-0.2, -0.15) is 13.2 Å². The minimum atomic E-state index is -4.51. The van der Waals surface area contributed by atoms with Crippen LogP contribution in [0.15, 0.2) is 18.2 Å². The minimum Gasteiger partial charge on any atom is -0.376 e. The molecule has 2 rings (SSSR count). The average Bonchev–Trinajstić information content (AvgIpc) is 2.45. The first kappa shape index (κ1) is 16.9. The zero-order valence-corrected chi connectivity index (χ0v) is 13.0. The van der Waals surface area contributed by atoms with Crippen molar-refractivity contribution in [1.29, 1.82) is 0 Å². The zero-order valence-electron chi connectivity index (χ0n) is 12.2. The lowest BCUT2D eigenvalue weighted by Gasteiger charge is -2.31. The molecule has 1 aliphatic rings. The van der Waals surface area contributed by atoms with Crippen molar-refractivity contribution in [2.24, 2.45) is 5.92 Å². The topological polar surface area (TPSA) is 32.3 Å². The lowest BCUT2D eigenvalue weighted by Crippen LogP contribution is -2.41. The van der Waals surface area contributed by atoms with Crippen LogP contribution >= 0.6 is 11.6 Å². The number of hydrogen-bond donors (Lipinski definition) is 1. The number of amides is 1. The fraction of sp³-hybridized carbons (Fsp3) is 0.533. The molecule has 1 saturated heterocycles. The first-order valence-corrected chi connectivity index (χ1v) is 7.53. The first-order chi connectivity index (χ1) is 10.3. The summed E-state index contributed by atoms with van der Waals surface area (Å²) in [6.07, 6.45) is -2.45. The summed E-state index contributed by atoms with van der Waals surface area (Å²) in [6.45, 7) is 3.47. The fourth-order valence-corrected chi connectivity index (χ4v) is 2.78. The van der Waals surface area contributed by atoms with Crippen molar-refractivity contribution in [1.82, 2.24) is 4.90 Å². The molecule has 122 valence electrons. The summed E-state index contributed by atoms with van der Waals surface area (Å²) in [7, 11) is 0. The SMILES string of the molecule is CC1CCCN(C(=O)CNc2ccc(Cl)c(C(F)(F)F)c2)C1. The van der Waals surface area contributed by atoms with Crippen molar-refractivity contribution < 1.29 is 18.0 Å². The summed E-state index contributed by atoms with van der Waals surface area (Å²) in [5, 5.41) is 2.39. The van der Waals surface area contributed by atoms with Crippen LogP contribution in [0, 0.1) is 5.92 Å². The van der Waals surface area contributed by atoms with Gasteiger partial charge in [0, 0.05) is 18.8 Å². The highest BCUT2D eigenvalue weighted by Crippen LogP contribution is 2.36. The van der Waals surface area contributed by atoms with Crippen LogP contribution in [0.3, 0.4) is 0 Å². The highest BCUT2D eigenvalue weighted by molar-refractivity contribution is 6.31. The van der Waals surface area contributed by atoms with Crippen molar-refractivity contribution in [3.63, 3.8) is 0 Å². The summed E-state index contributed by atoms with van der Waals surface area (Å²) in [5.41, 5.74) is -0.673. The molecular weight excluding hydrogens is 317 g/mol. The summed E-state index contributed by atoms with van der Waals surface area (Å²) in [6, 6.07) is 3.54. The van der Waals surface area contributed by atoms with Crippen LogP contribution in [0.1, 0.15) is 25.3 Å². The molecule has 0 spiro atoms. The number of alkyl halides is 3. The molecule has 1 aromatic rings. The average molecular weight is 335 g/mol. The molecule has 0 aliphatic carbocycles. The second-order valence-electron chi connectivity index (χ2n) is 5.63. The van der Waals surface area contributed by atoms with E-state index in [1.165, 1.54) is 12.1 Å². The van der Waals surface area contributed by atoms with Gasteiger partial charge in [0.25, 0.3) is 0 Å². The molecule has 1 fully saturated rings. The van der Waals surface area contributed by atoms with E-state index in [-0.39, 0.29) is 23.2 Å². The van der Waals surface area contributed by atoms with Crippen LogP contribution in [-0.4, -0.2) is 30.4 Å². The maximum absolute atomic E-state index is 12.8. The standard InChI is InChI=1S/C15H18ClF3N2O/c1-10-3-2-6-21(9-10)14(22)8-20-11-4-5-13(16)12(7-11)15(17,18)19/h4-5,7,10,20H,2-3,6,8-9H2,1H3. The highest BCUT2D eigenvalue weighted by Gasteiger charge is 2.33. The molecule has 7 heteroatoms. The third-order valence-electron chi connectivity index (χ3n) is 3.73. The van der Waals surface area contributed by atoms with Crippen molar-refractivity contribution in [3.8, 4) is 0 Å². The van der Waals surface area contributed by atoms with E-state index in [0.29, 0.717) is 19.0 Å². The molecule has 1 aliphatic heterocycles. The molecule has 1 heterocycles. The third kappa shape index (κ3) is 4.29. The lowest BCUT2D eigenvalue weighted by atomic mass is 10.0. The smallest absolute Gasteiger partial charge is 0.376 e. The Kier molecular flexibility index (Phi) is 5.21. The molecule has 1 amide bonds. The number of piperidine rings is 1. The van der Waals surface area contributed by atoms with E-state index in [0.717, 1.165) is 18.9 Å². The number of rotatable bonds is 3. The summed E-state index contributed by atoms with van der Waals surface area (Å²) >= 11 is 5.56. The molecule has 1 atom stereocenters. The number of carbonyl (C=O) groups excluding carboxylic acids is 1. The van der Waals surface area contributed by atoms with Gasteiger partial charge in [-0.05, 0) is 37.0 Å². The second-order valence-corrected chi connectivity index (χ2v) is 6.04. The molecule has 0 aromatic heterocycles. The van der Waals surface area contributed by atoms with E-state index in [9.17, 15) is 18.0 Å². The predicted molar refractivity (Wildman–Crippen MR) is 79.9 cm³/mol. The number of likely N-dealkylation sites (tertiary alicyclic amines) is 1. The van der Waals surface area contributed by atoms with Gasteiger partial charge < -0.3 is 10.2 Å². The van der Waals surface area contributed by atoms with Gasteiger partial charge >= 0.3 is 6.18 Å². The number of carbonyl (C=O) groups is 1. The van der Waals surface area contributed by atoms with Crippen LogP contribution in [0.4, 0.5) is 18.9 Å². The van der Waals surface area contributed by atoms with E-state index in [1.54, 1.807) is 4.90 Å². The number of halogens is 4. The summed E-state index contributed by atoms with van der Waals surface area (Å²) in [5.74, 6) is 0.361. The van der Waals surface area contributed by atoms with Gasteiger partial charge in [-0.1, -0.05) is 18.5 Å². The second kappa shape index (κ2) is 6.77. The number of hydrogen-bond acceptors (Lipinski definition) is 2. The maximum Gasteiger partial charge on any atom is 0.417 e. The van der Waals surface area contributed by atoms with Crippen LogP contribution in [0.2, 0.25) is 5.02 Å². The van der Waals surface area contributed by atoms with E-state index in [4.69, 9.17) is 11.6 Å². The van der Waals surface area contributed by atoms with Crippen LogP contribution < -0.4 is 5.32 Å². The van der Waals surface area contributed by atoms with Gasteiger partial charge in [0.1, 0.15) is 0 Å². The molecule has 0 bridgehead atoms. The van der Waals surface area contributed by atoms with Crippen molar-refractivity contribution in [2.45, 2.75) is 25.9 Å².